The van der Waals surface area contributed by atoms with E-state index >= 15 is 0 Å². The van der Waals surface area contributed by atoms with Crippen LogP contribution in [0.4, 0.5) is 23.8 Å². The minimum Gasteiger partial charge on any atom is -0.439 e. The number of rotatable bonds is 4. The van der Waals surface area contributed by atoms with Gasteiger partial charge in [-0.05, 0) is 49.9 Å². The van der Waals surface area contributed by atoms with Gasteiger partial charge in [0.05, 0.1) is 11.3 Å². The first kappa shape index (κ1) is 24.3. The van der Waals surface area contributed by atoms with E-state index in [0.717, 1.165) is 29.1 Å². The van der Waals surface area contributed by atoms with Crippen LogP contribution < -0.4 is 10.1 Å². The van der Waals surface area contributed by atoms with Crippen LogP contribution in [0, 0.1) is 19.8 Å². The number of carbonyl (C=O) groups is 1. The van der Waals surface area contributed by atoms with Gasteiger partial charge in [0, 0.05) is 30.9 Å². The maximum absolute atomic E-state index is 12.7. The van der Waals surface area contributed by atoms with Crippen molar-refractivity contribution in [2.75, 3.05) is 18.4 Å². The molecule has 1 unspecified atom stereocenters. The Morgan fingerprint density at radius 1 is 1.26 bits per heavy atom. The molecule has 1 atom stereocenters. The van der Waals surface area contributed by atoms with E-state index in [1.165, 1.54) is 11.6 Å². The second kappa shape index (κ2) is 9.81. The monoisotopic (exact) mass is 486 g/mol. The average Bonchev–Trinajstić information content (AvgIpc) is 3.12. The van der Waals surface area contributed by atoms with Gasteiger partial charge in [-0.1, -0.05) is 35.9 Å². The highest BCUT2D eigenvalue weighted by Gasteiger charge is 2.30. The van der Waals surface area contributed by atoms with Crippen LogP contribution in [0.25, 0.3) is 6.08 Å². The first-order chi connectivity index (χ1) is 16.6. The highest BCUT2D eigenvalue weighted by atomic mass is 19.4. The van der Waals surface area contributed by atoms with Crippen molar-refractivity contribution in [1.29, 1.82) is 0 Å². The summed E-state index contributed by atoms with van der Waals surface area (Å²) < 4.78 is 49.0. The molecule has 35 heavy (non-hydrogen) atoms. The molecule has 3 heterocycles. The van der Waals surface area contributed by atoms with Crippen molar-refractivity contribution in [2.45, 2.75) is 33.4 Å². The maximum atomic E-state index is 12.7. The van der Waals surface area contributed by atoms with Gasteiger partial charge in [-0.15, -0.1) is 0 Å². The van der Waals surface area contributed by atoms with E-state index in [2.05, 4.69) is 28.5 Å². The van der Waals surface area contributed by atoms with Crippen LogP contribution in [0.15, 0.2) is 52.7 Å². The number of urea groups is 1. The van der Waals surface area contributed by atoms with Crippen molar-refractivity contribution < 1.29 is 27.2 Å². The number of nitrogens with zero attached hydrogens (tertiary/aromatic N) is 3. The quantitative estimate of drug-likeness (QED) is 0.458. The molecule has 1 aliphatic heterocycles. The van der Waals surface area contributed by atoms with Gasteiger partial charge in [0.1, 0.15) is 5.75 Å². The number of hydrogen-bond acceptors (Lipinski definition) is 5. The third-order valence-corrected chi connectivity index (χ3v) is 5.96. The summed E-state index contributed by atoms with van der Waals surface area (Å²) in [5.41, 5.74) is 2.78. The second-order valence-corrected chi connectivity index (χ2v) is 8.53. The Hall–Kier alpha value is -3.82. The number of carbonyl (C=O) groups excluding carboxylic acids is 1. The summed E-state index contributed by atoms with van der Waals surface area (Å²) in [6, 6.07) is 9.14. The summed E-state index contributed by atoms with van der Waals surface area (Å²) in [4.78, 5) is 18.1. The van der Waals surface area contributed by atoms with Crippen molar-refractivity contribution in [1.82, 2.24) is 15.0 Å². The number of benzene rings is 1. The molecule has 1 aromatic carbocycles. The van der Waals surface area contributed by atoms with E-state index in [0.29, 0.717) is 31.1 Å². The van der Waals surface area contributed by atoms with Gasteiger partial charge in [-0.2, -0.15) is 13.2 Å². The molecule has 3 aromatic rings. The Morgan fingerprint density at radius 2 is 2.06 bits per heavy atom. The van der Waals surface area contributed by atoms with E-state index in [4.69, 9.17) is 9.26 Å². The van der Waals surface area contributed by atoms with E-state index < -0.39 is 11.7 Å². The summed E-state index contributed by atoms with van der Waals surface area (Å²) in [6.07, 6.45) is -0.943. The topological polar surface area (TPSA) is 80.5 Å². The zero-order valence-electron chi connectivity index (χ0n) is 19.5. The third kappa shape index (κ3) is 5.82. The molecule has 0 spiro atoms. The number of amides is 2. The number of aromatic nitrogens is 2. The maximum Gasteiger partial charge on any atom is 0.417 e. The number of anilines is 1. The SMILES string of the molecule is Cc1noc(NC(=O)N2CC/C(=C\c3cccc(Oc4ccc(C(F)(F)F)cn4)c3)C(C)C2)c1C. The summed E-state index contributed by atoms with van der Waals surface area (Å²) in [5, 5.41) is 6.64. The number of likely N-dealkylation sites (tertiary alicyclic amines) is 1. The summed E-state index contributed by atoms with van der Waals surface area (Å²) in [5.74, 6) is 1.04. The molecule has 1 aliphatic rings. The third-order valence-electron chi connectivity index (χ3n) is 5.96. The molecule has 7 nitrogen and oxygen atoms in total. The van der Waals surface area contributed by atoms with Crippen LogP contribution >= 0.6 is 0 Å². The molecule has 0 saturated carbocycles. The number of hydrogen-bond donors (Lipinski definition) is 1. The zero-order chi connectivity index (χ0) is 25.2. The lowest BCUT2D eigenvalue weighted by atomic mass is 9.91. The van der Waals surface area contributed by atoms with Gasteiger partial charge in [0.25, 0.3) is 0 Å². The van der Waals surface area contributed by atoms with Gasteiger partial charge in [0.2, 0.25) is 11.8 Å². The Kier molecular flexibility index (Phi) is 6.81. The number of ether oxygens (including phenoxy) is 1. The molecule has 1 N–H and O–H groups in total. The lowest BCUT2D eigenvalue weighted by Crippen LogP contribution is -2.42. The first-order valence-corrected chi connectivity index (χ1v) is 11.1. The number of halogens is 3. The van der Waals surface area contributed by atoms with Gasteiger partial charge in [0.15, 0.2) is 0 Å². The van der Waals surface area contributed by atoms with Crippen molar-refractivity contribution in [3.63, 3.8) is 0 Å². The number of nitrogens with one attached hydrogen (secondary N) is 1. The summed E-state index contributed by atoms with van der Waals surface area (Å²) in [7, 11) is 0. The normalized spacial score (nSPS) is 17.5. The zero-order valence-corrected chi connectivity index (χ0v) is 19.5. The fourth-order valence-electron chi connectivity index (χ4n) is 3.77. The minimum atomic E-state index is -4.45. The van der Waals surface area contributed by atoms with Crippen molar-refractivity contribution >= 4 is 18.0 Å². The van der Waals surface area contributed by atoms with Crippen molar-refractivity contribution in [3.8, 4) is 11.6 Å². The molecule has 4 rings (SSSR count). The van der Waals surface area contributed by atoms with Crippen molar-refractivity contribution in [2.24, 2.45) is 5.92 Å². The molecule has 0 aliphatic carbocycles. The fourth-order valence-corrected chi connectivity index (χ4v) is 3.77. The number of alkyl halides is 3. The van der Waals surface area contributed by atoms with E-state index in [1.54, 1.807) is 23.1 Å². The first-order valence-electron chi connectivity index (χ1n) is 11.1. The fraction of sp³-hybridized carbons (Fsp3) is 0.320. The van der Waals surface area contributed by atoms with E-state index in [1.807, 2.05) is 19.9 Å². The molecule has 184 valence electrons. The molecule has 2 aromatic heterocycles. The second-order valence-electron chi connectivity index (χ2n) is 8.53. The van der Waals surface area contributed by atoms with E-state index in [9.17, 15) is 18.0 Å². The van der Waals surface area contributed by atoms with E-state index in [-0.39, 0.29) is 17.8 Å². The molecule has 1 fully saturated rings. The lowest BCUT2D eigenvalue weighted by Gasteiger charge is -2.33. The summed E-state index contributed by atoms with van der Waals surface area (Å²) in [6.45, 7) is 6.82. The predicted molar refractivity (Wildman–Crippen MR) is 124 cm³/mol. The van der Waals surface area contributed by atoms with Crippen LogP contribution in [0.2, 0.25) is 0 Å². The van der Waals surface area contributed by atoms with Gasteiger partial charge in [-0.25, -0.2) is 9.78 Å². The van der Waals surface area contributed by atoms with Gasteiger partial charge < -0.3 is 14.2 Å². The smallest absolute Gasteiger partial charge is 0.417 e. The largest absolute Gasteiger partial charge is 0.439 e. The predicted octanol–water partition coefficient (Wildman–Crippen LogP) is 6.45. The number of piperidine rings is 1. The molecular formula is C25H25F3N4O3. The molecule has 1 saturated heterocycles. The Balaban J connectivity index is 1.39. The number of pyridine rings is 1. The Morgan fingerprint density at radius 3 is 2.69 bits per heavy atom. The minimum absolute atomic E-state index is 0.0766. The lowest BCUT2D eigenvalue weighted by molar-refractivity contribution is -0.137. The van der Waals surface area contributed by atoms with Gasteiger partial charge >= 0.3 is 12.2 Å². The highest BCUT2D eigenvalue weighted by molar-refractivity contribution is 5.88. The van der Waals surface area contributed by atoms with Crippen LogP contribution in [-0.2, 0) is 6.18 Å². The average molecular weight is 486 g/mol. The van der Waals surface area contributed by atoms with Crippen LogP contribution in [0.1, 0.15) is 35.7 Å². The standard InChI is InChI=1S/C25H25F3N4O3/c1-15-14-32(24(33)30-23-16(2)17(3)31-35-23)10-9-19(15)11-18-5-4-6-21(12-18)34-22-8-7-20(13-29-22)25(26,27)28/h4-8,11-13,15H,9-10,14H2,1-3H3,(H,30,33)/b19-11+. The molecule has 10 heteroatoms. The molecule has 2 amide bonds. The summed E-state index contributed by atoms with van der Waals surface area (Å²) >= 11 is 0. The van der Waals surface area contributed by atoms with Crippen LogP contribution in [-0.4, -0.2) is 34.2 Å². The highest BCUT2D eigenvalue weighted by Crippen LogP contribution is 2.31. The van der Waals surface area contributed by atoms with Crippen LogP contribution in [0.5, 0.6) is 11.6 Å². The van der Waals surface area contributed by atoms with Gasteiger partial charge in [-0.3, -0.25) is 5.32 Å². The number of aryl methyl sites for hydroxylation is 1. The molecule has 0 bridgehead atoms. The Labute approximate surface area is 200 Å². The molecule has 0 radical (unpaired) electrons. The Bertz CT molecular complexity index is 1240. The van der Waals surface area contributed by atoms with Crippen molar-refractivity contribution in [3.05, 3.63) is 70.6 Å². The molecular weight excluding hydrogens is 461 g/mol. The van der Waals surface area contributed by atoms with Crippen LogP contribution in [0.3, 0.4) is 0 Å².